The van der Waals surface area contributed by atoms with Crippen LogP contribution in [0.3, 0.4) is 0 Å². The molecule has 1 amide bonds. The predicted molar refractivity (Wildman–Crippen MR) is 122 cm³/mol. The topological polar surface area (TPSA) is 87.9 Å². The Hall–Kier alpha value is -3.74. The molecule has 0 saturated carbocycles. The maximum atomic E-state index is 12.1. The Morgan fingerprint density at radius 2 is 1.90 bits per heavy atom. The summed E-state index contributed by atoms with van der Waals surface area (Å²) < 4.78 is 10.8. The van der Waals surface area contributed by atoms with Crippen molar-refractivity contribution >= 4 is 17.6 Å². The molecule has 31 heavy (non-hydrogen) atoms. The molecule has 7 nitrogen and oxygen atoms in total. The highest BCUT2D eigenvalue weighted by Gasteiger charge is 2.08. The summed E-state index contributed by atoms with van der Waals surface area (Å²) in [5.74, 6) is 1.62. The van der Waals surface area contributed by atoms with Crippen LogP contribution in [0, 0.1) is 0 Å². The molecule has 1 aromatic heterocycles. The molecular weight excluding hydrogens is 392 g/mol. The van der Waals surface area contributed by atoms with E-state index >= 15 is 0 Å². The number of ether oxygens (including phenoxy) is 1. The SMILES string of the molecule is CCNC(=NCc1cccc(NC(=O)c2ccco2)c1)NCCCOc1ccccc1. The van der Waals surface area contributed by atoms with Gasteiger partial charge in [-0.15, -0.1) is 0 Å². The molecule has 0 radical (unpaired) electrons. The maximum Gasteiger partial charge on any atom is 0.291 e. The van der Waals surface area contributed by atoms with E-state index < -0.39 is 0 Å². The molecule has 7 heteroatoms. The summed E-state index contributed by atoms with van der Waals surface area (Å²) in [4.78, 5) is 16.8. The number of nitrogens with zero attached hydrogens (tertiary/aromatic N) is 1. The zero-order chi connectivity index (χ0) is 21.7. The van der Waals surface area contributed by atoms with Crippen LogP contribution in [0.1, 0.15) is 29.5 Å². The number of carbonyl (C=O) groups excluding carboxylic acids is 1. The van der Waals surface area contributed by atoms with E-state index in [9.17, 15) is 4.79 Å². The molecule has 0 bridgehead atoms. The lowest BCUT2D eigenvalue weighted by atomic mass is 10.2. The summed E-state index contributed by atoms with van der Waals surface area (Å²) in [5.41, 5.74) is 1.69. The number of amides is 1. The Balaban J connectivity index is 1.47. The largest absolute Gasteiger partial charge is 0.494 e. The van der Waals surface area contributed by atoms with E-state index in [4.69, 9.17) is 9.15 Å². The van der Waals surface area contributed by atoms with Gasteiger partial charge < -0.3 is 25.1 Å². The Labute approximate surface area is 182 Å². The minimum atomic E-state index is -0.279. The third kappa shape index (κ3) is 7.54. The van der Waals surface area contributed by atoms with Crippen molar-refractivity contribution in [2.45, 2.75) is 19.9 Å². The second kappa shape index (κ2) is 12.1. The van der Waals surface area contributed by atoms with Crippen molar-refractivity contribution in [3.63, 3.8) is 0 Å². The lowest BCUT2D eigenvalue weighted by Gasteiger charge is -2.12. The van der Waals surface area contributed by atoms with Gasteiger partial charge in [-0.2, -0.15) is 0 Å². The fourth-order valence-corrected chi connectivity index (χ4v) is 2.85. The second-order valence-corrected chi connectivity index (χ2v) is 6.77. The molecule has 2 aromatic carbocycles. The second-order valence-electron chi connectivity index (χ2n) is 6.77. The lowest BCUT2D eigenvalue weighted by molar-refractivity contribution is 0.0996. The summed E-state index contributed by atoms with van der Waals surface area (Å²) in [6, 6.07) is 20.7. The molecule has 3 rings (SSSR count). The molecule has 3 N–H and O–H groups in total. The van der Waals surface area contributed by atoms with Crippen molar-refractivity contribution in [3.05, 3.63) is 84.3 Å². The number of para-hydroxylation sites is 1. The molecule has 0 aliphatic heterocycles. The number of nitrogens with one attached hydrogen (secondary N) is 3. The summed E-state index contributed by atoms with van der Waals surface area (Å²) in [7, 11) is 0. The van der Waals surface area contributed by atoms with Gasteiger partial charge in [-0.25, -0.2) is 4.99 Å². The molecule has 0 fully saturated rings. The van der Waals surface area contributed by atoms with Crippen LogP contribution in [0.15, 0.2) is 82.4 Å². The van der Waals surface area contributed by atoms with Crippen molar-refractivity contribution in [3.8, 4) is 5.75 Å². The number of furan rings is 1. The first-order valence-electron chi connectivity index (χ1n) is 10.4. The first-order chi connectivity index (χ1) is 15.2. The van der Waals surface area contributed by atoms with Crippen LogP contribution in [0.25, 0.3) is 0 Å². The van der Waals surface area contributed by atoms with Crippen LogP contribution < -0.4 is 20.7 Å². The van der Waals surface area contributed by atoms with Crippen LogP contribution in [0.2, 0.25) is 0 Å². The van der Waals surface area contributed by atoms with Gasteiger partial charge in [0.2, 0.25) is 0 Å². The van der Waals surface area contributed by atoms with Gasteiger partial charge in [-0.05, 0) is 55.3 Å². The lowest BCUT2D eigenvalue weighted by Crippen LogP contribution is -2.38. The first kappa shape index (κ1) is 22.0. The van der Waals surface area contributed by atoms with Crippen LogP contribution in [-0.4, -0.2) is 31.6 Å². The van der Waals surface area contributed by atoms with Gasteiger partial charge in [-0.3, -0.25) is 4.79 Å². The molecule has 0 aliphatic carbocycles. The van der Waals surface area contributed by atoms with Crippen LogP contribution in [0.5, 0.6) is 5.75 Å². The molecule has 162 valence electrons. The number of rotatable bonds is 10. The molecule has 0 aliphatic rings. The Kier molecular flexibility index (Phi) is 8.55. The minimum absolute atomic E-state index is 0.276. The van der Waals surface area contributed by atoms with E-state index in [-0.39, 0.29) is 11.7 Å². The van der Waals surface area contributed by atoms with Crippen molar-refractivity contribution < 1.29 is 13.9 Å². The number of hydrogen-bond acceptors (Lipinski definition) is 4. The fraction of sp³-hybridized carbons (Fsp3) is 0.250. The Bertz CT molecular complexity index is 956. The van der Waals surface area contributed by atoms with E-state index in [1.807, 2.05) is 61.5 Å². The summed E-state index contributed by atoms with van der Waals surface area (Å²) in [6.45, 7) is 4.66. The van der Waals surface area contributed by atoms with Crippen molar-refractivity contribution in [1.82, 2.24) is 10.6 Å². The van der Waals surface area contributed by atoms with Gasteiger partial charge in [0.15, 0.2) is 11.7 Å². The number of carbonyl (C=O) groups is 1. The quantitative estimate of drug-likeness (QED) is 0.262. The third-order valence-corrected chi connectivity index (χ3v) is 4.32. The third-order valence-electron chi connectivity index (χ3n) is 4.32. The van der Waals surface area contributed by atoms with Crippen LogP contribution in [-0.2, 0) is 6.54 Å². The standard InChI is InChI=1S/C24H28N4O3/c1-2-25-24(26-14-8-16-30-21-11-4-3-5-12-21)27-18-19-9-6-10-20(17-19)28-23(29)22-13-7-15-31-22/h3-7,9-13,15,17H,2,8,14,16,18H2,1H3,(H,28,29)(H2,25,26,27). The number of guanidine groups is 1. The predicted octanol–water partition coefficient (Wildman–Crippen LogP) is 4.06. The zero-order valence-corrected chi connectivity index (χ0v) is 17.6. The van der Waals surface area contributed by atoms with E-state index in [2.05, 4.69) is 20.9 Å². The molecule has 0 atom stereocenters. The highest BCUT2D eigenvalue weighted by molar-refractivity contribution is 6.02. The molecule has 0 saturated heterocycles. The first-order valence-corrected chi connectivity index (χ1v) is 10.4. The zero-order valence-electron chi connectivity index (χ0n) is 17.6. The van der Waals surface area contributed by atoms with Gasteiger partial charge in [0.1, 0.15) is 5.75 Å². The van der Waals surface area contributed by atoms with E-state index in [1.165, 1.54) is 6.26 Å². The number of benzene rings is 2. The Morgan fingerprint density at radius 3 is 2.68 bits per heavy atom. The normalized spacial score (nSPS) is 11.1. The summed E-state index contributed by atoms with van der Waals surface area (Å²) in [6.07, 6.45) is 2.33. The summed E-state index contributed by atoms with van der Waals surface area (Å²) >= 11 is 0. The molecule has 3 aromatic rings. The van der Waals surface area contributed by atoms with Gasteiger partial charge in [0, 0.05) is 18.8 Å². The van der Waals surface area contributed by atoms with E-state index in [1.54, 1.807) is 12.1 Å². The number of hydrogen-bond donors (Lipinski definition) is 3. The molecular formula is C24H28N4O3. The number of anilines is 1. The smallest absolute Gasteiger partial charge is 0.291 e. The minimum Gasteiger partial charge on any atom is -0.494 e. The fourth-order valence-electron chi connectivity index (χ4n) is 2.85. The van der Waals surface area contributed by atoms with Crippen molar-refractivity contribution in [2.75, 3.05) is 25.0 Å². The summed E-state index contributed by atoms with van der Waals surface area (Å²) in [5, 5.41) is 9.40. The highest BCUT2D eigenvalue weighted by atomic mass is 16.5. The van der Waals surface area contributed by atoms with Gasteiger partial charge in [0.05, 0.1) is 19.4 Å². The van der Waals surface area contributed by atoms with Crippen LogP contribution >= 0.6 is 0 Å². The van der Waals surface area contributed by atoms with Gasteiger partial charge in [0.25, 0.3) is 5.91 Å². The highest BCUT2D eigenvalue weighted by Crippen LogP contribution is 2.13. The average Bonchev–Trinajstić information content (AvgIpc) is 3.33. The Morgan fingerprint density at radius 1 is 1.03 bits per heavy atom. The maximum absolute atomic E-state index is 12.1. The average molecular weight is 421 g/mol. The van der Waals surface area contributed by atoms with E-state index in [0.717, 1.165) is 36.8 Å². The molecule has 1 heterocycles. The van der Waals surface area contributed by atoms with Crippen molar-refractivity contribution in [1.29, 1.82) is 0 Å². The van der Waals surface area contributed by atoms with Gasteiger partial charge >= 0.3 is 0 Å². The van der Waals surface area contributed by atoms with E-state index in [0.29, 0.717) is 18.8 Å². The van der Waals surface area contributed by atoms with Crippen LogP contribution in [0.4, 0.5) is 5.69 Å². The number of aliphatic imine (C=N–C) groups is 1. The van der Waals surface area contributed by atoms with Crippen molar-refractivity contribution in [2.24, 2.45) is 4.99 Å². The molecule has 0 spiro atoms. The monoisotopic (exact) mass is 420 g/mol. The molecule has 0 unspecified atom stereocenters. The van der Waals surface area contributed by atoms with Gasteiger partial charge in [-0.1, -0.05) is 30.3 Å².